The number of halogens is 2. The molecule has 1 aromatic heterocycles. The summed E-state index contributed by atoms with van der Waals surface area (Å²) in [7, 11) is 0. The Morgan fingerprint density at radius 3 is 2.67 bits per heavy atom. The standard InChI is InChI=1S/C11H17ClINS/c12-11-6-5-10(15-11)9-14-8-4-2-1-3-7-13/h5-6,14H,1-4,7-9H2. The Morgan fingerprint density at radius 1 is 1.20 bits per heavy atom. The van der Waals surface area contributed by atoms with Crippen LogP contribution in [0.15, 0.2) is 12.1 Å². The Kier molecular flexibility index (Phi) is 8.05. The maximum atomic E-state index is 5.85. The molecule has 0 aliphatic carbocycles. The first-order valence-corrected chi connectivity index (χ1v) is 8.06. The van der Waals surface area contributed by atoms with Gasteiger partial charge in [-0.2, -0.15) is 0 Å². The molecule has 1 nitrogen and oxygen atoms in total. The highest BCUT2D eigenvalue weighted by Gasteiger charge is 1.96. The van der Waals surface area contributed by atoms with Crippen molar-refractivity contribution >= 4 is 45.5 Å². The van der Waals surface area contributed by atoms with Gasteiger partial charge in [0.05, 0.1) is 4.34 Å². The predicted molar refractivity (Wildman–Crippen MR) is 78.4 cm³/mol. The lowest BCUT2D eigenvalue weighted by atomic mass is 10.2. The second-order valence-electron chi connectivity index (χ2n) is 3.49. The molecule has 0 aromatic carbocycles. The van der Waals surface area contributed by atoms with E-state index in [-0.39, 0.29) is 0 Å². The second kappa shape index (κ2) is 8.79. The summed E-state index contributed by atoms with van der Waals surface area (Å²) >= 11 is 9.95. The molecule has 4 heteroatoms. The van der Waals surface area contributed by atoms with Gasteiger partial charge >= 0.3 is 0 Å². The summed E-state index contributed by atoms with van der Waals surface area (Å²) in [6.45, 7) is 2.08. The van der Waals surface area contributed by atoms with Crippen LogP contribution in [-0.4, -0.2) is 11.0 Å². The zero-order valence-electron chi connectivity index (χ0n) is 8.77. The number of rotatable bonds is 8. The Bertz CT molecular complexity index is 265. The van der Waals surface area contributed by atoms with E-state index in [9.17, 15) is 0 Å². The van der Waals surface area contributed by atoms with Crippen molar-refractivity contribution in [1.29, 1.82) is 0 Å². The number of nitrogens with one attached hydrogen (secondary N) is 1. The zero-order valence-corrected chi connectivity index (χ0v) is 12.5. The van der Waals surface area contributed by atoms with Crippen LogP contribution < -0.4 is 5.32 Å². The van der Waals surface area contributed by atoms with Gasteiger partial charge in [-0.1, -0.05) is 47.0 Å². The molecule has 0 saturated heterocycles. The molecule has 0 aliphatic heterocycles. The third-order valence-electron chi connectivity index (χ3n) is 2.17. The first-order valence-electron chi connectivity index (χ1n) is 5.34. The van der Waals surface area contributed by atoms with Crippen molar-refractivity contribution in [3.8, 4) is 0 Å². The Balaban J connectivity index is 1.93. The van der Waals surface area contributed by atoms with Crippen LogP contribution >= 0.6 is 45.5 Å². The van der Waals surface area contributed by atoms with Crippen molar-refractivity contribution in [1.82, 2.24) is 5.32 Å². The smallest absolute Gasteiger partial charge is 0.0931 e. The molecule has 1 aromatic rings. The molecule has 1 heterocycles. The van der Waals surface area contributed by atoms with Crippen LogP contribution in [-0.2, 0) is 6.54 Å². The molecule has 0 aliphatic rings. The van der Waals surface area contributed by atoms with Crippen LogP contribution in [0.3, 0.4) is 0 Å². The summed E-state index contributed by atoms with van der Waals surface area (Å²) in [6, 6.07) is 4.06. The number of unbranched alkanes of at least 4 members (excludes halogenated alkanes) is 3. The van der Waals surface area contributed by atoms with Crippen molar-refractivity contribution in [3.05, 3.63) is 21.3 Å². The highest BCUT2D eigenvalue weighted by atomic mass is 127. The van der Waals surface area contributed by atoms with Crippen molar-refractivity contribution in [2.75, 3.05) is 11.0 Å². The molecule has 0 radical (unpaired) electrons. The molecular weight excluding hydrogens is 341 g/mol. The monoisotopic (exact) mass is 357 g/mol. The fourth-order valence-corrected chi connectivity index (χ4v) is 2.95. The number of hydrogen-bond donors (Lipinski definition) is 1. The lowest BCUT2D eigenvalue weighted by Gasteiger charge is -2.02. The van der Waals surface area contributed by atoms with Crippen LogP contribution in [0.5, 0.6) is 0 Å². The SMILES string of the molecule is Clc1ccc(CNCCCCCCI)s1. The van der Waals surface area contributed by atoms with E-state index in [1.54, 1.807) is 11.3 Å². The molecule has 0 atom stereocenters. The molecular formula is C11H17ClINS. The average molecular weight is 358 g/mol. The van der Waals surface area contributed by atoms with Crippen molar-refractivity contribution in [2.45, 2.75) is 32.2 Å². The third kappa shape index (κ3) is 6.76. The van der Waals surface area contributed by atoms with Gasteiger partial charge in [-0.3, -0.25) is 0 Å². The van der Waals surface area contributed by atoms with Gasteiger partial charge in [0, 0.05) is 11.4 Å². The van der Waals surface area contributed by atoms with Crippen LogP contribution in [0.25, 0.3) is 0 Å². The van der Waals surface area contributed by atoms with Crippen LogP contribution in [0.1, 0.15) is 30.6 Å². The highest BCUT2D eigenvalue weighted by Crippen LogP contribution is 2.20. The second-order valence-corrected chi connectivity index (χ2v) is 6.36. The van der Waals surface area contributed by atoms with Gasteiger partial charge in [0.15, 0.2) is 0 Å². The van der Waals surface area contributed by atoms with E-state index in [0.29, 0.717) is 0 Å². The maximum Gasteiger partial charge on any atom is 0.0931 e. The van der Waals surface area contributed by atoms with E-state index in [0.717, 1.165) is 17.4 Å². The summed E-state index contributed by atoms with van der Waals surface area (Å²) in [6.07, 6.45) is 5.37. The van der Waals surface area contributed by atoms with Crippen molar-refractivity contribution in [3.63, 3.8) is 0 Å². The number of hydrogen-bond acceptors (Lipinski definition) is 2. The van der Waals surface area contributed by atoms with Crippen LogP contribution in [0.4, 0.5) is 0 Å². The minimum absolute atomic E-state index is 0.883. The van der Waals surface area contributed by atoms with E-state index in [4.69, 9.17) is 11.6 Å². The first kappa shape index (κ1) is 13.7. The Morgan fingerprint density at radius 2 is 2.00 bits per heavy atom. The molecule has 0 saturated carbocycles. The van der Waals surface area contributed by atoms with Gasteiger partial charge < -0.3 is 5.32 Å². The van der Waals surface area contributed by atoms with Gasteiger partial charge in [-0.25, -0.2) is 0 Å². The quantitative estimate of drug-likeness (QED) is 0.411. The normalized spacial score (nSPS) is 10.8. The predicted octanol–water partition coefficient (Wildman–Crippen LogP) is 4.49. The molecule has 0 amide bonds. The largest absolute Gasteiger partial charge is 0.312 e. The van der Waals surface area contributed by atoms with Crippen molar-refractivity contribution < 1.29 is 0 Å². The number of thiophene rings is 1. The zero-order chi connectivity index (χ0) is 10.9. The summed E-state index contributed by atoms with van der Waals surface area (Å²) < 4.78 is 2.17. The lowest BCUT2D eigenvalue weighted by molar-refractivity contribution is 0.603. The molecule has 0 unspecified atom stereocenters. The molecule has 0 spiro atoms. The van der Waals surface area contributed by atoms with E-state index in [1.165, 1.54) is 35.0 Å². The van der Waals surface area contributed by atoms with E-state index in [2.05, 4.69) is 34.0 Å². The molecule has 15 heavy (non-hydrogen) atoms. The van der Waals surface area contributed by atoms with Crippen molar-refractivity contribution in [2.24, 2.45) is 0 Å². The fourth-order valence-electron chi connectivity index (χ4n) is 1.36. The van der Waals surface area contributed by atoms with Crippen LogP contribution in [0, 0.1) is 0 Å². The third-order valence-corrected chi connectivity index (χ3v) is 4.16. The molecule has 1 rings (SSSR count). The van der Waals surface area contributed by atoms with Gasteiger partial charge in [-0.15, -0.1) is 11.3 Å². The van der Waals surface area contributed by atoms with Gasteiger partial charge in [0.2, 0.25) is 0 Å². The molecule has 0 bridgehead atoms. The minimum atomic E-state index is 0.883. The summed E-state index contributed by atoms with van der Waals surface area (Å²) in [5.74, 6) is 0. The topological polar surface area (TPSA) is 12.0 Å². The van der Waals surface area contributed by atoms with E-state index >= 15 is 0 Å². The summed E-state index contributed by atoms with van der Waals surface area (Å²) in [5, 5.41) is 3.44. The van der Waals surface area contributed by atoms with Gasteiger partial charge in [-0.05, 0) is 35.9 Å². The lowest BCUT2D eigenvalue weighted by Crippen LogP contribution is -2.13. The highest BCUT2D eigenvalue weighted by molar-refractivity contribution is 14.1. The van der Waals surface area contributed by atoms with Gasteiger partial charge in [0.1, 0.15) is 0 Å². The first-order chi connectivity index (χ1) is 7.33. The van der Waals surface area contributed by atoms with Gasteiger partial charge in [0.25, 0.3) is 0 Å². The van der Waals surface area contributed by atoms with E-state index in [1.807, 2.05) is 6.07 Å². The Hall–Kier alpha value is 0.680. The van der Waals surface area contributed by atoms with E-state index < -0.39 is 0 Å². The minimum Gasteiger partial charge on any atom is -0.312 e. The number of alkyl halides is 1. The fraction of sp³-hybridized carbons (Fsp3) is 0.636. The van der Waals surface area contributed by atoms with Crippen LogP contribution in [0.2, 0.25) is 4.34 Å². The molecule has 86 valence electrons. The molecule has 1 N–H and O–H groups in total. The summed E-state index contributed by atoms with van der Waals surface area (Å²) in [4.78, 5) is 1.33. The maximum absolute atomic E-state index is 5.85. The molecule has 0 fully saturated rings. The summed E-state index contributed by atoms with van der Waals surface area (Å²) in [5.41, 5.74) is 0. The Labute approximate surface area is 115 Å². The average Bonchev–Trinajstić information content (AvgIpc) is 2.63.